The number of carbonyl (C=O) groups is 2. The van der Waals surface area contributed by atoms with Gasteiger partial charge in [-0.15, -0.1) is 0 Å². The van der Waals surface area contributed by atoms with Crippen LogP contribution < -0.4 is 10.6 Å². The van der Waals surface area contributed by atoms with E-state index in [2.05, 4.69) is 15.7 Å². The number of benzene rings is 3. The number of anilines is 2. The first-order valence-electron chi connectivity index (χ1n) is 11.8. The van der Waals surface area contributed by atoms with Crippen LogP contribution in [0.15, 0.2) is 84.9 Å². The lowest BCUT2D eigenvalue weighted by molar-refractivity contribution is -0.116. The second kappa shape index (κ2) is 11.5. The van der Waals surface area contributed by atoms with Crippen molar-refractivity contribution in [3.63, 3.8) is 0 Å². The highest BCUT2D eigenvalue weighted by molar-refractivity contribution is 5.97. The summed E-state index contributed by atoms with van der Waals surface area (Å²) in [6, 6.07) is 22.9. The van der Waals surface area contributed by atoms with Crippen molar-refractivity contribution in [3.8, 4) is 16.9 Å². The molecule has 0 saturated heterocycles. The molecule has 4 aromatic rings. The van der Waals surface area contributed by atoms with Crippen LogP contribution in [0.25, 0.3) is 16.9 Å². The third kappa shape index (κ3) is 6.58. The molecule has 0 unspecified atom stereocenters. The van der Waals surface area contributed by atoms with Crippen LogP contribution in [-0.2, 0) is 4.79 Å². The Morgan fingerprint density at radius 2 is 1.59 bits per heavy atom. The lowest BCUT2D eigenvalue weighted by Gasteiger charge is -2.24. The number of para-hydroxylation sites is 1. The Balaban J connectivity index is 1.55. The van der Waals surface area contributed by atoms with Gasteiger partial charge in [0.2, 0.25) is 5.91 Å². The number of halogens is 2. The minimum atomic E-state index is -0.900. The molecule has 0 fully saturated rings. The van der Waals surface area contributed by atoms with Gasteiger partial charge >= 0.3 is 6.03 Å². The quantitative estimate of drug-likeness (QED) is 0.312. The fourth-order valence-electron chi connectivity index (χ4n) is 3.79. The topological polar surface area (TPSA) is 79.3 Å². The van der Waals surface area contributed by atoms with Crippen molar-refractivity contribution >= 4 is 23.4 Å². The van der Waals surface area contributed by atoms with E-state index in [0.29, 0.717) is 17.6 Å². The van der Waals surface area contributed by atoms with Crippen molar-refractivity contribution in [2.45, 2.75) is 13.8 Å². The lowest BCUT2D eigenvalue weighted by Crippen LogP contribution is -2.42. The first kappa shape index (κ1) is 25.6. The van der Waals surface area contributed by atoms with Gasteiger partial charge in [-0.25, -0.2) is 18.3 Å². The van der Waals surface area contributed by atoms with Crippen molar-refractivity contribution in [1.82, 2.24) is 14.7 Å². The minimum absolute atomic E-state index is 0.0381. The molecule has 0 saturated carbocycles. The molecule has 4 rings (SSSR count). The fraction of sp³-hybridized carbons (Fsp3) is 0.179. The van der Waals surface area contributed by atoms with Gasteiger partial charge in [0.05, 0.1) is 17.1 Å². The Morgan fingerprint density at radius 1 is 0.919 bits per heavy atom. The smallest absolute Gasteiger partial charge is 0.315 e. The van der Waals surface area contributed by atoms with Gasteiger partial charge in [0.15, 0.2) is 0 Å². The van der Waals surface area contributed by atoms with Crippen LogP contribution in [0, 0.1) is 17.6 Å². The second-order valence-corrected chi connectivity index (χ2v) is 8.91. The van der Waals surface area contributed by atoms with Gasteiger partial charge in [0, 0.05) is 24.2 Å². The summed E-state index contributed by atoms with van der Waals surface area (Å²) in [6.45, 7) is 3.75. The van der Waals surface area contributed by atoms with Crippen molar-refractivity contribution in [3.05, 3.63) is 96.6 Å². The molecule has 1 heterocycles. The monoisotopic (exact) mass is 503 g/mol. The maximum absolute atomic E-state index is 14.1. The summed E-state index contributed by atoms with van der Waals surface area (Å²) in [5, 5.41) is 9.96. The van der Waals surface area contributed by atoms with Crippen LogP contribution >= 0.6 is 0 Å². The van der Waals surface area contributed by atoms with Crippen molar-refractivity contribution in [2.24, 2.45) is 5.92 Å². The molecule has 1 aromatic heterocycles. The van der Waals surface area contributed by atoms with Crippen LogP contribution in [0.2, 0.25) is 0 Å². The summed E-state index contributed by atoms with van der Waals surface area (Å²) in [4.78, 5) is 27.3. The maximum atomic E-state index is 14.1. The van der Waals surface area contributed by atoms with Gasteiger partial charge in [-0.2, -0.15) is 5.10 Å². The first-order chi connectivity index (χ1) is 17.8. The summed E-state index contributed by atoms with van der Waals surface area (Å²) in [5.74, 6) is -1.63. The van der Waals surface area contributed by atoms with Gasteiger partial charge in [0.25, 0.3) is 0 Å². The Kier molecular flexibility index (Phi) is 7.92. The number of hydrogen-bond donors (Lipinski definition) is 2. The van der Waals surface area contributed by atoms with E-state index in [1.165, 1.54) is 4.90 Å². The van der Waals surface area contributed by atoms with Crippen LogP contribution in [0.4, 0.5) is 25.1 Å². The van der Waals surface area contributed by atoms with Crippen molar-refractivity contribution < 1.29 is 18.4 Å². The first-order valence-corrected chi connectivity index (χ1v) is 11.8. The average molecular weight is 504 g/mol. The molecule has 37 heavy (non-hydrogen) atoms. The molecular formula is C28H27F2N5O2. The largest absolute Gasteiger partial charge is 0.322 e. The molecule has 9 heteroatoms. The third-order valence-electron chi connectivity index (χ3n) is 5.43. The van der Waals surface area contributed by atoms with E-state index in [-0.39, 0.29) is 24.7 Å². The molecule has 0 aliphatic rings. The molecule has 0 atom stereocenters. The highest BCUT2D eigenvalue weighted by Crippen LogP contribution is 2.25. The lowest BCUT2D eigenvalue weighted by atomic mass is 10.1. The highest BCUT2D eigenvalue weighted by Gasteiger charge is 2.21. The predicted octanol–water partition coefficient (Wildman–Crippen LogP) is 5.95. The zero-order valence-corrected chi connectivity index (χ0v) is 20.5. The number of urea groups is 1. The second-order valence-electron chi connectivity index (χ2n) is 8.91. The number of amides is 3. The molecule has 0 aliphatic heterocycles. The van der Waals surface area contributed by atoms with E-state index in [1.807, 2.05) is 74.5 Å². The minimum Gasteiger partial charge on any atom is -0.315 e. The van der Waals surface area contributed by atoms with Crippen LogP contribution in [-0.4, -0.2) is 39.7 Å². The zero-order chi connectivity index (χ0) is 26.4. The van der Waals surface area contributed by atoms with E-state index in [1.54, 1.807) is 10.7 Å². The average Bonchev–Trinajstić information content (AvgIpc) is 3.29. The van der Waals surface area contributed by atoms with E-state index < -0.39 is 23.6 Å². The Labute approximate surface area is 213 Å². The maximum Gasteiger partial charge on any atom is 0.322 e. The number of aromatic nitrogens is 2. The Hall–Kier alpha value is -4.53. The third-order valence-corrected chi connectivity index (χ3v) is 5.43. The number of carbonyl (C=O) groups excluding carboxylic acids is 2. The number of nitrogens with zero attached hydrogens (tertiary/aromatic N) is 3. The van der Waals surface area contributed by atoms with E-state index in [0.717, 1.165) is 23.4 Å². The van der Waals surface area contributed by atoms with Gasteiger partial charge < -0.3 is 15.5 Å². The molecule has 0 radical (unpaired) electrons. The van der Waals surface area contributed by atoms with E-state index in [9.17, 15) is 18.4 Å². The fourth-order valence-corrected chi connectivity index (χ4v) is 3.79. The molecule has 7 nitrogen and oxygen atoms in total. The molecule has 0 spiro atoms. The van der Waals surface area contributed by atoms with Gasteiger partial charge in [-0.05, 0) is 30.2 Å². The van der Waals surface area contributed by atoms with Gasteiger partial charge in [-0.3, -0.25) is 4.79 Å². The molecule has 2 N–H and O–H groups in total. The summed E-state index contributed by atoms with van der Waals surface area (Å²) >= 11 is 0. The molecule has 3 aromatic carbocycles. The molecule has 3 amide bonds. The number of nitrogens with one attached hydrogen (secondary N) is 2. The normalized spacial score (nSPS) is 10.8. The zero-order valence-electron chi connectivity index (χ0n) is 20.5. The highest BCUT2D eigenvalue weighted by atomic mass is 19.1. The number of rotatable bonds is 8. The molecular weight excluding hydrogens is 476 g/mol. The van der Waals surface area contributed by atoms with Crippen LogP contribution in [0.3, 0.4) is 0 Å². The summed E-state index contributed by atoms with van der Waals surface area (Å²) in [7, 11) is 0. The molecule has 0 aliphatic carbocycles. The summed E-state index contributed by atoms with van der Waals surface area (Å²) in [6.07, 6.45) is 0. The van der Waals surface area contributed by atoms with E-state index >= 15 is 0 Å². The summed E-state index contributed by atoms with van der Waals surface area (Å²) in [5.41, 5.74) is 2.14. The standard InChI is InChI=1S/C28H27F2N5O2/c1-19(2)17-34(28(37)31-24-14-13-21(29)15-23(24)30)18-27(36)32-26-16-25(20-9-5-3-6-10-20)33-35(26)22-11-7-4-8-12-22/h3-16,19H,17-18H2,1-2H3,(H,31,37)(H,32,36). The van der Waals surface area contributed by atoms with Crippen LogP contribution in [0.5, 0.6) is 0 Å². The predicted molar refractivity (Wildman–Crippen MR) is 139 cm³/mol. The Morgan fingerprint density at radius 3 is 2.24 bits per heavy atom. The van der Waals surface area contributed by atoms with Crippen LogP contribution in [0.1, 0.15) is 13.8 Å². The summed E-state index contributed by atoms with van der Waals surface area (Å²) < 4.78 is 28.9. The van der Waals surface area contributed by atoms with Crippen molar-refractivity contribution in [1.29, 1.82) is 0 Å². The number of hydrogen-bond acceptors (Lipinski definition) is 3. The van der Waals surface area contributed by atoms with Gasteiger partial charge in [0.1, 0.15) is 24.0 Å². The van der Waals surface area contributed by atoms with Gasteiger partial charge in [-0.1, -0.05) is 62.4 Å². The molecule has 0 bridgehead atoms. The van der Waals surface area contributed by atoms with Crippen molar-refractivity contribution in [2.75, 3.05) is 23.7 Å². The SMILES string of the molecule is CC(C)CN(CC(=O)Nc1cc(-c2ccccc2)nn1-c1ccccc1)C(=O)Nc1ccc(F)cc1F. The molecule has 190 valence electrons. The Bertz CT molecular complexity index is 1370. The van der Waals surface area contributed by atoms with E-state index in [4.69, 9.17) is 0 Å².